The molecule has 2 saturated heterocycles. The standard InChI is InChI=1S/2C9H20N.C2H4F3NO4S2.C2H7NO4S2.CH4/c1-3-7-10(2)8-5-4-6-9-10;1-3-4-7-10(2)8-5-6-9-10;1-11(7,8)6-12(9,10)2(3,4)5;1-8(4,5)3-9(2,6)7;/h2*3-9H2,1-2H3;6H,1H3;3H,1-2H3;1H4/q2*+1;;;. The Hall–Kier alpha value is -0.570. The average molecular weight is 701 g/mol. The largest absolute Gasteiger partial charge is 0.512 e. The second-order valence-electron chi connectivity index (χ2n) is 11.1. The van der Waals surface area contributed by atoms with E-state index in [-0.39, 0.29) is 7.43 Å². The van der Waals surface area contributed by atoms with Gasteiger partial charge < -0.3 is 8.97 Å². The summed E-state index contributed by atoms with van der Waals surface area (Å²) in [6, 6.07) is 0. The molecule has 42 heavy (non-hydrogen) atoms. The van der Waals surface area contributed by atoms with Gasteiger partial charge in [-0.1, -0.05) is 27.7 Å². The van der Waals surface area contributed by atoms with E-state index in [0.717, 1.165) is 12.5 Å². The van der Waals surface area contributed by atoms with E-state index in [9.17, 15) is 46.8 Å². The summed E-state index contributed by atoms with van der Waals surface area (Å²) in [4.78, 5) is 0. The Balaban J connectivity index is -0.000000481. The number of hydrogen-bond donors (Lipinski definition) is 2. The Kier molecular flexibility index (Phi) is 20.8. The molecule has 2 rings (SSSR count). The fourth-order valence-electron chi connectivity index (χ4n) is 4.42. The summed E-state index contributed by atoms with van der Waals surface area (Å²) in [6.07, 6.45) is 13.3. The number of piperidine rings is 1. The van der Waals surface area contributed by atoms with Crippen LogP contribution in [0.4, 0.5) is 13.2 Å². The van der Waals surface area contributed by atoms with Crippen molar-refractivity contribution in [3.8, 4) is 0 Å². The first-order chi connectivity index (χ1) is 18.2. The lowest BCUT2D eigenvalue weighted by molar-refractivity contribution is -0.914. The third kappa shape index (κ3) is 24.8. The van der Waals surface area contributed by atoms with Crippen LogP contribution in [0.2, 0.25) is 0 Å². The van der Waals surface area contributed by atoms with Crippen LogP contribution in [0.5, 0.6) is 0 Å². The van der Waals surface area contributed by atoms with Gasteiger partial charge in [0.1, 0.15) is 0 Å². The molecule has 0 aliphatic carbocycles. The zero-order chi connectivity index (χ0) is 32.8. The number of likely N-dealkylation sites (tertiary alicyclic amines) is 2. The van der Waals surface area contributed by atoms with Gasteiger partial charge in [-0.05, 0) is 32.1 Å². The molecule has 0 aromatic heterocycles. The molecule has 2 fully saturated rings. The van der Waals surface area contributed by atoms with Gasteiger partial charge >= 0.3 is 15.5 Å². The van der Waals surface area contributed by atoms with Gasteiger partial charge in [0.2, 0.25) is 30.1 Å². The van der Waals surface area contributed by atoms with Crippen molar-refractivity contribution in [2.24, 2.45) is 0 Å². The lowest BCUT2D eigenvalue weighted by atomic mass is 10.1. The van der Waals surface area contributed by atoms with E-state index in [1.165, 1.54) is 104 Å². The molecule has 0 aromatic carbocycles. The number of sulfonamides is 4. The van der Waals surface area contributed by atoms with Crippen molar-refractivity contribution in [2.75, 3.05) is 72.1 Å². The minimum atomic E-state index is -5.79. The zero-order valence-corrected chi connectivity index (χ0v) is 28.6. The van der Waals surface area contributed by atoms with E-state index in [0.29, 0.717) is 10.4 Å². The molecule has 0 spiro atoms. The monoisotopic (exact) mass is 700 g/mol. The SMILES string of the molecule is C.CCCC[N+]1(C)CCCC1.CCC[N+]1(C)CCCCC1.CS(=O)(=O)NS(=O)(=O)C(F)(F)F.CS(=O)(=O)NS(C)(=O)=O. The molecule has 12 nitrogen and oxygen atoms in total. The van der Waals surface area contributed by atoms with Gasteiger partial charge in [0.05, 0.1) is 72.1 Å². The summed E-state index contributed by atoms with van der Waals surface area (Å²) in [5, 5.41) is 0. The van der Waals surface area contributed by atoms with Crippen LogP contribution in [-0.4, -0.2) is 120 Å². The van der Waals surface area contributed by atoms with Gasteiger partial charge in [0, 0.05) is 12.8 Å². The smallest absolute Gasteiger partial charge is 0.326 e. The van der Waals surface area contributed by atoms with Crippen LogP contribution >= 0.6 is 0 Å². The molecule has 0 bridgehead atoms. The van der Waals surface area contributed by atoms with E-state index >= 15 is 0 Å². The van der Waals surface area contributed by atoms with Crippen LogP contribution in [0.3, 0.4) is 0 Å². The number of rotatable bonds is 9. The molecule has 2 heterocycles. The lowest BCUT2D eigenvalue weighted by Crippen LogP contribution is -2.48. The first kappa shape index (κ1) is 45.9. The first-order valence-corrected chi connectivity index (χ1v) is 20.5. The second kappa shape index (κ2) is 19.1. The van der Waals surface area contributed by atoms with Crippen molar-refractivity contribution in [3.63, 3.8) is 0 Å². The van der Waals surface area contributed by atoms with Crippen molar-refractivity contribution in [1.82, 2.24) is 8.25 Å². The van der Waals surface area contributed by atoms with Gasteiger partial charge in [0.15, 0.2) is 0 Å². The number of halogens is 3. The molecule has 2 aliphatic rings. The van der Waals surface area contributed by atoms with Crippen LogP contribution in [0.25, 0.3) is 0 Å². The highest BCUT2D eigenvalue weighted by atomic mass is 32.3. The van der Waals surface area contributed by atoms with Crippen LogP contribution < -0.4 is 8.25 Å². The molecule has 19 heteroatoms. The molecule has 0 unspecified atom stereocenters. The van der Waals surface area contributed by atoms with Crippen molar-refractivity contribution in [3.05, 3.63) is 0 Å². The van der Waals surface area contributed by atoms with Gasteiger partial charge in [-0.15, -0.1) is 8.25 Å². The Bertz CT molecular complexity index is 1140. The Morgan fingerprint density at radius 3 is 1.17 bits per heavy atom. The van der Waals surface area contributed by atoms with Gasteiger partial charge in [-0.25, -0.2) is 33.7 Å². The van der Waals surface area contributed by atoms with E-state index in [4.69, 9.17) is 0 Å². The van der Waals surface area contributed by atoms with Crippen molar-refractivity contribution >= 4 is 40.1 Å². The van der Waals surface area contributed by atoms with E-state index in [2.05, 4.69) is 27.9 Å². The predicted molar refractivity (Wildman–Crippen MR) is 162 cm³/mol. The van der Waals surface area contributed by atoms with Crippen LogP contribution in [0.15, 0.2) is 0 Å². The number of quaternary nitrogens is 2. The maximum absolute atomic E-state index is 11.4. The predicted octanol–water partition coefficient (Wildman–Crippen LogP) is 2.57. The summed E-state index contributed by atoms with van der Waals surface area (Å²) in [5.41, 5.74) is -5.62. The summed E-state index contributed by atoms with van der Waals surface area (Å²) in [6.45, 7) is 13.1. The molecule has 0 saturated carbocycles. The number of hydrogen-bond acceptors (Lipinski definition) is 8. The molecule has 0 atom stereocenters. The number of nitrogens with one attached hydrogen (secondary N) is 2. The third-order valence-electron chi connectivity index (χ3n) is 6.23. The van der Waals surface area contributed by atoms with Crippen molar-refractivity contribution in [1.29, 1.82) is 0 Å². The van der Waals surface area contributed by atoms with Gasteiger partial charge in [0.25, 0.3) is 0 Å². The Morgan fingerprint density at radius 2 is 0.929 bits per heavy atom. The van der Waals surface area contributed by atoms with E-state index < -0.39 is 45.6 Å². The van der Waals surface area contributed by atoms with Crippen molar-refractivity contribution in [2.45, 2.75) is 78.1 Å². The molecule has 2 aliphatic heterocycles. The quantitative estimate of drug-likeness (QED) is 0.347. The highest BCUT2D eigenvalue weighted by Gasteiger charge is 2.47. The first-order valence-electron chi connectivity index (χ1n) is 13.4. The second-order valence-corrected chi connectivity index (χ2v) is 18.6. The molecule has 0 amide bonds. The van der Waals surface area contributed by atoms with Crippen LogP contribution in [0.1, 0.15) is 72.6 Å². The van der Waals surface area contributed by atoms with Crippen LogP contribution in [0, 0.1) is 0 Å². The van der Waals surface area contributed by atoms with Gasteiger partial charge in [-0.3, -0.25) is 0 Å². The molecular formula is C23H55F3N4O8S4+2. The maximum Gasteiger partial charge on any atom is 0.512 e. The molecular weight excluding hydrogens is 646 g/mol. The van der Waals surface area contributed by atoms with Crippen molar-refractivity contribution < 1.29 is 55.8 Å². The maximum atomic E-state index is 11.4. The summed E-state index contributed by atoms with van der Waals surface area (Å²) in [5.74, 6) is 0. The minimum Gasteiger partial charge on any atom is -0.326 e. The summed E-state index contributed by atoms with van der Waals surface area (Å²) in [7, 11) is -12.6. The van der Waals surface area contributed by atoms with Crippen LogP contribution in [-0.2, 0) is 40.1 Å². The average Bonchev–Trinajstić information content (AvgIpc) is 3.16. The zero-order valence-electron chi connectivity index (χ0n) is 25.3. The fourth-order valence-corrected chi connectivity index (χ4v) is 8.59. The number of alkyl halides is 3. The topological polar surface area (TPSA) is 161 Å². The molecule has 0 aromatic rings. The molecule has 258 valence electrons. The highest BCUT2D eigenvalue weighted by Crippen LogP contribution is 2.22. The highest BCUT2D eigenvalue weighted by molar-refractivity contribution is 8.05. The van der Waals surface area contributed by atoms with E-state index in [1.54, 1.807) is 0 Å². The molecule has 2 N–H and O–H groups in total. The third-order valence-corrected chi connectivity index (χ3v) is 11.3. The normalized spacial score (nSPS) is 18.5. The molecule has 0 radical (unpaired) electrons. The Morgan fingerprint density at radius 1 is 0.595 bits per heavy atom. The minimum absolute atomic E-state index is 0. The number of nitrogens with zero attached hydrogens (tertiary/aromatic N) is 2. The number of unbranched alkanes of at least 4 members (excludes halogenated alkanes) is 1. The fraction of sp³-hybridized carbons (Fsp3) is 1.00. The summed E-state index contributed by atoms with van der Waals surface area (Å²) >= 11 is 0. The van der Waals surface area contributed by atoms with E-state index in [1.807, 2.05) is 0 Å². The summed E-state index contributed by atoms with van der Waals surface area (Å²) < 4.78 is 120. The van der Waals surface area contributed by atoms with Gasteiger partial charge in [-0.2, -0.15) is 13.2 Å². The lowest BCUT2D eigenvalue weighted by Gasteiger charge is -2.37. The Labute approximate surface area is 253 Å².